The number of hydrogen-bond donors (Lipinski definition) is 1. The van der Waals surface area contributed by atoms with Crippen LogP contribution in [0.4, 0.5) is 0 Å². The minimum atomic E-state index is -0.781. The number of furan rings is 1. The van der Waals surface area contributed by atoms with Crippen LogP contribution in [0.25, 0.3) is 5.76 Å². The predicted molar refractivity (Wildman–Crippen MR) is 115 cm³/mol. The quantitative estimate of drug-likeness (QED) is 0.364. The molecule has 4 heterocycles. The Hall–Kier alpha value is -3.81. The van der Waals surface area contributed by atoms with E-state index in [-0.39, 0.29) is 17.4 Å². The molecule has 0 bridgehead atoms. The number of fused-ring (bicyclic) bond motifs is 1. The topological polar surface area (TPSA) is 97.8 Å². The van der Waals surface area contributed by atoms with Gasteiger partial charge in [0.25, 0.3) is 11.7 Å². The first-order valence-electron chi connectivity index (χ1n) is 10.6. The van der Waals surface area contributed by atoms with E-state index in [1.807, 2.05) is 23.8 Å². The zero-order valence-corrected chi connectivity index (χ0v) is 17.6. The molecule has 32 heavy (non-hydrogen) atoms. The second-order valence-corrected chi connectivity index (χ2v) is 8.12. The van der Waals surface area contributed by atoms with E-state index in [0.717, 1.165) is 17.7 Å². The number of nitrogens with zero attached hydrogens (tertiary/aromatic N) is 3. The SMILES string of the molecule is C[C@H]1Cc2cc(/C(O)=C3\C(=O)C(=O)N(CCCn4ccnc4)[C@H]3c3ccco3)ccc2O1. The van der Waals surface area contributed by atoms with Gasteiger partial charge >= 0.3 is 0 Å². The molecule has 2 aliphatic rings. The summed E-state index contributed by atoms with van der Waals surface area (Å²) in [4.78, 5) is 31.4. The maximum atomic E-state index is 13.0. The fraction of sp³-hybridized carbons (Fsp3) is 0.292. The number of aliphatic hydroxyl groups excluding tert-OH is 1. The average molecular weight is 433 g/mol. The van der Waals surface area contributed by atoms with Crippen LogP contribution in [0.2, 0.25) is 0 Å². The fourth-order valence-electron chi connectivity index (χ4n) is 4.42. The van der Waals surface area contributed by atoms with Crippen LogP contribution in [-0.4, -0.2) is 43.9 Å². The van der Waals surface area contributed by atoms with Gasteiger partial charge < -0.3 is 23.7 Å². The van der Waals surface area contributed by atoms with Gasteiger partial charge in [-0.1, -0.05) is 0 Å². The fourth-order valence-corrected chi connectivity index (χ4v) is 4.42. The minimum absolute atomic E-state index is 0.0412. The zero-order valence-electron chi connectivity index (χ0n) is 17.6. The van der Waals surface area contributed by atoms with Crippen LogP contribution in [0.3, 0.4) is 0 Å². The van der Waals surface area contributed by atoms with Crippen molar-refractivity contribution in [3.8, 4) is 5.75 Å². The number of benzene rings is 1. The van der Waals surface area contributed by atoms with Crippen molar-refractivity contribution in [1.29, 1.82) is 0 Å². The van der Waals surface area contributed by atoms with Crippen molar-refractivity contribution in [3.63, 3.8) is 0 Å². The van der Waals surface area contributed by atoms with Gasteiger partial charge in [-0.25, -0.2) is 4.98 Å². The van der Waals surface area contributed by atoms with Crippen LogP contribution in [-0.2, 0) is 22.6 Å². The minimum Gasteiger partial charge on any atom is -0.507 e. The Bertz CT molecular complexity index is 1180. The summed E-state index contributed by atoms with van der Waals surface area (Å²) in [6.07, 6.45) is 8.14. The summed E-state index contributed by atoms with van der Waals surface area (Å²) >= 11 is 0. The number of carbonyl (C=O) groups excluding carboxylic acids is 2. The molecule has 164 valence electrons. The molecule has 3 aromatic rings. The van der Waals surface area contributed by atoms with Gasteiger partial charge in [-0.2, -0.15) is 0 Å². The molecule has 2 atom stereocenters. The Balaban J connectivity index is 1.49. The molecular formula is C24H23N3O5. The first kappa shape index (κ1) is 20.1. The number of rotatable bonds is 6. The lowest BCUT2D eigenvalue weighted by atomic mass is 9.97. The second-order valence-electron chi connectivity index (χ2n) is 8.12. The highest BCUT2D eigenvalue weighted by atomic mass is 16.5. The molecule has 0 radical (unpaired) electrons. The van der Waals surface area contributed by atoms with Gasteiger partial charge in [-0.15, -0.1) is 0 Å². The normalized spacial score (nSPS) is 21.7. The van der Waals surface area contributed by atoms with Gasteiger partial charge in [0, 0.05) is 37.5 Å². The van der Waals surface area contributed by atoms with E-state index < -0.39 is 17.7 Å². The first-order chi connectivity index (χ1) is 15.5. The summed E-state index contributed by atoms with van der Waals surface area (Å²) in [5.74, 6) is -0.347. The number of ether oxygens (including phenoxy) is 1. The number of Topliss-reactive ketones (excluding diaryl/α,β-unsaturated/α-hetero) is 1. The van der Waals surface area contributed by atoms with Crippen molar-refractivity contribution in [2.24, 2.45) is 0 Å². The van der Waals surface area contributed by atoms with Crippen LogP contribution < -0.4 is 4.74 Å². The largest absolute Gasteiger partial charge is 0.507 e. The summed E-state index contributed by atoms with van der Waals surface area (Å²) in [6, 6.07) is 7.95. The van der Waals surface area contributed by atoms with Gasteiger partial charge in [0.2, 0.25) is 0 Å². The van der Waals surface area contributed by atoms with Crippen LogP contribution in [0.1, 0.15) is 36.3 Å². The molecule has 0 saturated carbocycles. The van der Waals surface area contributed by atoms with Crippen molar-refractivity contribution < 1.29 is 23.8 Å². The third-order valence-corrected chi connectivity index (χ3v) is 5.90. The Kier molecular flexibility index (Phi) is 5.05. The number of aliphatic hydroxyl groups is 1. The van der Waals surface area contributed by atoms with E-state index in [4.69, 9.17) is 9.15 Å². The van der Waals surface area contributed by atoms with Crippen molar-refractivity contribution in [2.45, 2.75) is 38.5 Å². The number of ketones is 1. The lowest BCUT2D eigenvalue weighted by Gasteiger charge is -2.23. The Morgan fingerprint density at radius 3 is 2.88 bits per heavy atom. The Morgan fingerprint density at radius 1 is 1.25 bits per heavy atom. The summed E-state index contributed by atoms with van der Waals surface area (Å²) in [5, 5.41) is 11.2. The molecule has 1 saturated heterocycles. The molecule has 1 amide bonds. The Labute approximate surface area is 184 Å². The number of hydrogen-bond acceptors (Lipinski definition) is 6. The number of aromatic nitrogens is 2. The summed E-state index contributed by atoms with van der Waals surface area (Å²) < 4.78 is 13.2. The highest BCUT2D eigenvalue weighted by Gasteiger charge is 2.47. The summed E-state index contributed by atoms with van der Waals surface area (Å²) in [5.41, 5.74) is 1.49. The van der Waals surface area contributed by atoms with E-state index in [1.54, 1.807) is 36.8 Å². The van der Waals surface area contributed by atoms with Crippen molar-refractivity contribution in [2.75, 3.05) is 6.54 Å². The zero-order chi connectivity index (χ0) is 22.2. The monoisotopic (exact) mass is 433 g/mol. The molecule has 0 spiro atoms. The lowest BCUT2D eigenvalue weighted by molar-refractivity contribution is -0.140. The lowest BCUT2D eigenvalue weighted by Crippen LogP contribution is -2.31. The molecule has 0 aliphatic carbocycles. The first-order valence-corrected chi connectivity index (χ1v) is 10.6. The summed E-state index contributed by atoms with van der Waals surface area (Å²) in [6.45, 7) is 2.96. The number of likely N-dealkylation sites (tertiary alicyclic amines) is 1. The molecule has 0 unspecified atom stereocenters. The summed E-state index contributed by atoms with van der Waals surface area (Å²) in [7, 11) is 0. The predicted octanol–water partition coefficient (Wildman–Crippen LogP) is 3.31. The van der Waals surface area contributed by atoms with E-state index in [1.165, 1.54) is 11.2 Å². The van der Waals surface area contributed by atoms with Gasteiger partial charge in [0.15, 0.2) is 0 Å². The van der Waals surface area contributed by atoms with Gasteiger partial charge in [-0.05, 0) is 49.2 Å². The van der Waals surface area contributed by atoms with Crippen LogP contribution in [0.5, 0.6) is 5.75 Å². The smallest absolute Gasteiger partial charge is 0.295 e. The van der Waals surface area contributed by atoms with Crippen LogP contribution in [0.15, 0.2) is 65.3 Å². The van der Waals surface area contributed by atoms with E-state index in [2.05, 4.69) is 4.98 Å². The van der Waals surface area contributed by atoms with Gasteiger partial charge in [-0.3, -0.25) is 9.59 Å². The van der Waals surface area contributed by atoms with E-state index in [0.29, 0.717) is 30.8 Å². The maximum Gasteiger partial charge on any atom is 0.295 e. The van der Waals surface area contributed by atoms with Crippen LogP contribution in [0, 0.1) is 0 Å². The second kappa shape index (κ2) is 8.03. The average Bonchev–Trinajstić information content (AvgIpc) is 3.57. The van der Waals surface area contributed by atoms with Crippen molar-refractivity contribution >= 4 is 17.4 Å². The maximum absolute atomic E-state index is 13.0. The number of carbonyl (C=O) groups is 2. The molecule has 1 fully saturated rings. The highest BCUT2D eigenvalue weighted by Crippen LogP contribution is 2.40. The molecule has 8 heteroatoms. The van der Waals surface area contributed by atoms with Crippen molar-refractivity contribution in [1.82, 2.24) is 14.5 Å². The number of amides is 1. The molecular weight excluding hydrogens is 410 g/mol. The molecule has 2 aromatic heterocycles. The molecule has 8 nitrogen and oxygen atoms in total. The third kappa shape index (κ3) is 3.47. The number of imidazole rings is 1. The van der Waals surface area contributed by atoms with Gasteiger partial charge in [0.1, 0.15) is 29.4 Å². The highest BCUT2D eigenvalue weighted by molar-refractivity contribution is 6.46. The molecule has 1 aromatic carbocycles. The molecule has 1 N–H and O–H groups in total. The number of aryl methyl sites for hydroxylation is 1. The van der Waals surface area contributed by atoms with E-state index >= 15 is 0 Å². The van der Waals surface area contributed by atoms with Crippen LogP contribution >= 0.6 is 0 Å². The standard InChI is InChI=1S/C24H23N3O5/c1-15-12-17-13-16(5-6-18(17)32-15)22(28)20-21(19-4-2-11-31-19)27(24(30)23(20)29)9-3-8-26-10-7-25-14-26/h2,4-7,10-11,13-15,21,28H,3,8-9,12H2,1H3/b22-20+/t15-,21-/m0/s1. The Morgan fingerprint density at radius 2 is 2.12 bits per heavy atom. The third-order valence-electron chi connectivity index (χ3n) is 5.90. The van der Waals surface area contributed by atoms with Crippen molar-refractivity contribution in [3.05, 3.63) is 77.8 Å². The molecule has 5 rings (SSSR count). The van der Waals surface area contributed by atoms with Gasteiger partial charge in [0.05, 0.1) is 18.2 Å². The molecule has 2 aliphatic heterocycles. The van der Waals surface area contributed by atoms with E-state index in [9.17, 15) is 14.7 Å².